The lowest BCUT2D eigenvalue weighted by Crippen LogP contribution is -2.42. The van der Waals surface area contributed by atoms with Gasteiger partial charge in [0.05, 0.1) is 29.0 Å². The van der Waals surface area contributed by atoms with E-state index in [0.29, 0.717) is 0 Å². The molecule has 2 atom stereocenters. The van der Waals surface area contributed by atoms with Crippen LogP contribution < -0.4 is 10.2 Å². The Balaban J connectivity index is 1.81. The Morgan fingerprint density at radius 2 is 2.03 bits per heavy atom. The molecule has 1 fully saturated rings. The molecule has 7 nitrogen and oxygen atoms in total. The summed E-state index contributed by atoms with van der Waals surface area (Å²) in [6.45, 7) is -0.387. The minimum Gasteiger partial charge on any atom is -0.335 e. The SMILES string of the molecule is N#Cc1ccc(NC(=O)C2CN(c3ccc(C#N)c(Cl)c3)C(C(F)(F)F)O2)cn1. The van der Waals surface area contributed by atoms with Gasteiger partial charge in [-0.05, 0) is 30.3 Å². The summed E-state index contributed by atoms with van der Waals surface area (Å²) in [6.07, 6.45) is -7.34. The number of pyridine rings is 1. The van der Waals surface area contributed by atoms with Gasteiger partial charge in [0.15, 0.2) is 6.10 Å². The van der Waals surface area contributed by atoms with Gasteiger partial charge in [0, 0.05) is 5.69 Å². The number of nitrogens with one attached hydrogen (secondary N) is 1. The zero-order chi connectivity index (χ0) is 21.2. The normalized spacial score (nSPS) is 18.8. The van der Waals surface area contributed by atoms with Crippen molar-refractivity contribution in [2.24, 2.45) is 0 Å². The fourth-order valence-corrected chi connectivity index (χ4v) is 2.93. The van der Waals surface area contributed by atoms with Crippen molar-refractivity contribution in [2.75, 3.05) is 16.8 Å². The van der Waals surface area contributed by atoms with Crippen molar-refractivity contribution in [1.82, 2.24) is 4.98 Å². The average Bonchev–Trinajstić information content (AvgIpc) is 3.15. The molecule has 148 valence electrons. The number of hydrogen-bond donors (Lipinski definition) is 1. The molecule has 0 bridgehead atoms. The summed E-state index contributed by atoms with van der Waals surface area (Å²) in [5.41, 5.74) is 0.510. The third-order valence-electron chi connectivity index (χ3n) is 4.06. The zero-order valence-corrected chi connectivity index (χ0v) is 15.2. The molecular formula is C18H11ClF3N5O2. The van der Waals surface area contributed by atoms with E-state index in [1.165, 1.54) is 36.5 Å². The van der Waals surface area contributed by atoms with E-state index in [1.807, 2.05) is 12.1 Å². The summed E-state index contributed by atoms with van der Waals surface area (Å²) in [5, 5.41) is 20.0. The fraction of sp³-hybridized carbons (Fsp3) is 0.222. The molecule has 1 amide bonds. The van der Waals surface area contributed by atoms with E-state index in [2.05, 4.69) is 10.3 Å². The van der Waals surface area contributed by atoms with Crippen LogP contribution in [0.15, 0.2) is 36.5 Å². The predicted octanol–water partition coefficient (Wildman–Crippen LogP) is 3.21. The Labute approximate surface area is 167 Å². The molecule has 0 radical (unpaired) electrons. The molecule has 1 aromatic carbocycles. The van der Waals surface area contributed by atoms with Crippen molar-refractivity contribution in [3.8, 4) is 12.1 Å². The molecule has 1 aliphatic rings. The van der Waals surface area contributed by atoms with Crippen LogP contribution in [0.2, 0.25) is 5.02 Å². The summed E-state index contributed by atoms with van der Waals surface area (Å²) in [7, 11) is 0. The molecule has 1 aromatic heterocycles. The fourth-order valence-electron chi connectivity index (χ4n) is 2.72. The van der Waals surface area contributed by atoms with Gasteiger partial charge in [0.1, 0.15) is 17.8 Å². The maximum absolute atomic E-state index is 13.5. The first kappa shape index (κ1) is 20.4. The van der Waals surface area contributed by atoms with Crippen LogP contribution in [0.1, 0.15) is 11.3 Å². The molecule has 0 saturated carbocycles. The minimum absolute atomic E-state index is 0.0116. The molecule has 1 aliphatic heterocycles. The number of hydrogen-bond acceptors (Lipinski definition) is 6. The van der Waals surface area contributed by atoms with Crippen LogP contribution in [0.5, 0.6) is 0 Å². The summed E-state index contributed by atoms with van der Waals surface area (Å²) in [6, 6.07) is 10.2. The first-order valence-corrected chi connectivity index (χ1v) is 8.46. The van der Waals surface area contributed by atoms with Crippen molar-refractivity contribution >= 4 is 28.9 Å². The van der Waals surface area contributed by atoms with Crippen molar-refractivity contribution < 1.29 is 22.7 Å². The van der Waals surface area contributed by atoms with E-state index in [1.54, 1.807) is 0 Å². The number of nitriles is 2. The summed E-state index contributed by atoms with van der Waals surface area (Å²) in [5.74, 6) is -0.798. The molecular weight excluding hydrogens is 411 g/mol. The summed E-state index contributed by atoms with van der Waals surface area (Å²) in [4.78, 5) is 17.0. The van der Waals surface area contributed by atoms with Gasteiger partial charge in [-0.2, -0.15) is 23.7 Å². The maximum Gasteiger partial charge on any atom is 0.433 e. The molecule has 29 heavy (non-hydrogen) atoms. The molecule has 0 spiro atoms. The van der Waals surface area contributed by atoms with E-state index in [9.17, 15) is 18.0 Å². The molecule has 1 saturated heterocycles. The average molecular weight is 422 g/mol. The Morgan fingerprint density at radius 3 is 2.59 bits per heavy atom. The predicted molar refractivity (Wildman–Crippen MR) is 95.8 cm³/mol. The van der Waals surface area contributed by atoms with E-state index in [4.69, 9.17) is 26.9 Å². The quantitative estimate of drug-likeness (QED) is 0.816. The van der Waals surface area contributed by atoms with Gasteiger partial charge in [0.25, 0.3) is 5.91 Å². The number of halogens is 4. The minimum atomic E-state index is -4.77. The van der Waals surface area contributed by atoms with Crippen LogP contribution in [0.3, 0.4) is 0 Å². The van der Waals surface area contributed by atoms with Gasteiger partial charge < -0.3 is 15.0 Å². The second-order valence-corrected chi connectivity index (χ2v) is 6.39. The van der Waals surface area contributed by atoms with E-state index in [0.717, 1.165) is 4.90 Å². The van der Waals surface area contributed by atoms with Crippen molar-refractivity contribution in [3.05, 3.63) is 52.8 Å². The molecule has 2 heterocycles. The summed E-state index contributed by atoms with van der Waals surface area (Å²) >= 11 is 5.92. The van der Waals surface area contributed by atoms with Gasteiger partial charge in [-0.1, -0.05) is 11.6 Å². The highest BCUT2D eigenvalue weighted by atomic mass is 35.5. The first-order valence-electron chi connectivity index (χ1n) is 8.08. The standard InChI is InChI=1S/C18H11ClF3N5O2/c19-14-5-13(4-1-10(14)6-23)27-9-15(29-17(27)18(20,21)22)16(28)26-12-3-2-11(7-24)25-8-12/h1-5,8,15,17H,9H2,(H,26,28). The van der Waals surface area contributed by atoms with E-state index < -0.39 is 24.4 Å². The Kier molecular flexibility index (Phi) is 5.59. The van der Waals surface area contributed by atoms with Gasteiger partial charge in [0.2, 0.25) is 6.23 Å². The van der Waals surface area contributed by atoms with Crippen molar-refractivity contribution in [2.45, 2.75) is 18.5 Å². The van der Waals surface area contributed by atoms with Gasteiger partial charge in [-0.3, -0.25) is 4.79 Å². The lowest BCUT2D eigenvalue weighted by atomic mass is 10.2. The monoisotopic (exact) mass is 421 g/mol. The number of anilines is 2. The number of aromatic nitrogens is 1. The number of carbonyl (C=O) groups excluding carboxylic acids is 1. The Hall–Kier alpha value is -3.34. The number of nitrogens with zero attached hydrogens (tertiary/aromatic N) is 4. The Bertz CT molecular complexity index is 1010. The smallest absolute Gasteiger partial charge is 0.335 e. The molecule has 0 aliphatic carbocycles. The van der Waals surface area contributed by atoms with Crippen LogP contribution >= 0.6 is 11.6 Å². The molecule has 2 aromatic rings. The lowest BCUT2D eigenvalue weighted by molar-refractivity contribution is -0.212. The van der Waals surface area contributed by atoms with Crippen LogP contribution in [0, 0.1) is 22.7 Å². The third-order valence-corrected chi connectivity index (χ3v) is 4.37. The molecule has 2 unspecified atom stereocenters. The molecule has 1 N–H and O–H groups in total. The second-order valence-electron chi connectivity index (χ2n) is 5.98. The maximum atomic E-state index is 13.5. The van der Waals surface area contributed by atoms with Gasteiger partial charge >= 0.3 is 6.18 Å². The van der Waals surface area contributed by atoms with Gasteiger partial charge in [-0.25, -0.2) is 4.98 Å². The molecule has 11 heteroatoms. The van der Waals surface area contributed by atoms with Crippen molar-refractivity contribution in [3.63, 3.8) is 0 Å². The second kappa shape index (κ2) is 7.95. The highest BCUT2D eigenvalue weighted by Crippen LogP contribution is 2.36. The van der Waals surface area contributed by atoms with Crippen LogP contribution in [0.25, 0.3) is 0 Å². The Morgan fingerprint density at radius 1 is 1.28 bits per heavy atom. The van der Waals surface area contributed by atoms with E-state index in [-0.39, 0.29) is 34.2 Å². The number of alkyl halides is 3. The number of benzene rings is 1. The third kappa shape index (κ3) is 4.40. The van der Waals surface area contributed by atoms with Crippen molar-refractivity contribution in [1.29, 1.82) is 10.5 Å². The largest absolute Gasteiger partial charge is 0.433 e. The highest BCUT2D eigenvalue weighted by Gasteiger charge is 2.52. The first-order chi connectivity index (χ1) is 13.7. The van der Waals surface area contributed by atoms with E-state index >= 15 is 0 Å². The van der Waals surface area contributed by atoms with Crippen LogP contribution in [0.4, 0.5) is 24.5 Å². The van der Waals surface area contributed by atoms with Crippen LogP contribution in [-0.4, -0.2) is 35.9 Å². The molecule has 3 rings (SSSR count). The summed E-state index contributed by atoms with van der Waals surface area (Å²) < 4.78 is 45.4. The highest BCUT2D eigenvalue weighted by molar-refractivity contribution is 6.32. The number of rotatable bonds is 3. The topological polar surface area (TPSA) is 102 Å². The number of ether oxygens (including phenoxy) is 1. The number of amides is 1. The van der Waals surface area contributed by atoms with Gasteiger partial charge in [-0.15, -0.1) is 0 Å². The zero-order valence-electron chi connectivity index (χ0n) is 14.4. The number of carbonyl (C=O) groups is 1. The van der Waals surface area contributed by atoms with Crippen LogP contribution in [-0.2, 0) is 9.53 Å². The lowest BCUT2D eigenvalue weighted by Gasteiger charge is -2.26.